The van der Waals surface area contributed by atoms with Gasteiger partial charge in [0.05, 0.1) is 16.3 Å². The summed E-state index contributed by atoms with van der Waals surface area (Å²) >= 11 is -1.47. The molecule has 0 bridgehead atoms. The summed E-state index contributed by atoms with van der Waals surface area (Å²) in [6.07, 6.45) is 0. The molecule has 1 atom stereocenters. The van der Waals surface area contributed by atoms with Gasteiger partial charge in [-0.3, -0.25) is 4.55 Å². The van der Waals surface area contributed by atoms with Crippen molar-refractivity contribution in [3.63, 3.8) is 0 Å². The van der Waals surface area contributed by atoms with E-state index in [1.807, 2.05) is 30.3 Å². The van der Waals surface area contributed by atoms with E-state index >= 15 is 0 Å². The van der Waals surface area contributed by atoms with Crippen LogP contribution < -0.4 is 4.31 Å². The zero-order chi connectivity index (χ0) is 19.4. The minimum Gasteiger partial charge on any atom is -0.477 e. The van der Waals surface area contributed by atoms with Crippen LogP contribution in [-0.4, -0.2) is 19.8 Å². The van der Waals surface area contributed by atoms with Gasteiger partial charge >= 0.3 is 5.97 Å². The molecule has 27 heavy (non-hydrogen) atoms. The number of thiophene rings is 1. The number of anilines is 2. The lowest BCUT2D eigenvalue weighted by molar-refractivity contribution is 0.0703. The quantitative estimate of drug-likeness (QED) is 0.504. The molecular weight excluding hydrogens is 382 g/mol. The Balaban J connectivity index is 2.10. The highest BCUT2D eigenvalue weighted by molar-refractivity contribution is 7.81. The normalized spacial score (nSPS) is 11.3. The van der Waals surface area contributed by atoms with Crippen LogP contribution in [0.2, 0.25) is 0 Å². The minimum absolute atomic E-state index is 0.0435. The number of benzene rings is 2. The van der Waals surface area contributed by atoms with Crippen molar-refractivity contribution in [1.82, 2.24) is 0 Å². The van der Waals surface area contributed by atoms with Crippen molar-refractivity contribution in [3.8, 4) is 11.8 Å². The third kappa shape index (κ3) is 4.26. The largest absolute Gasteiger partial charge is 0.477 e. The van der Waals surface area contributed by atoms with Crippen molar-refractivity contribution < 1.29 is 18.7 Å². The van der Waals surface area contributed by atoms with Gasteiger partial charge in [0.1, 0.15) is 4.88 Å². The number of rotatable bonds is 4. The molecule has 1 unspecified atom stereocenters. The van der Waals surface area contributed by atoms with Crippen LogP contribution in [0, 0.1) is 18.8 Å². The van der Waals surface area contributed by atoms with Gasteiger partial charge in [0.2, 0.25) is 0 Å². The number of aryl methyl sites for hydroxylation is 1. The maximum atomic E-state index is 12.0. The summed E-state index contributed by atoms with van der Waals surface area (Å²) < 4.78 is 23.0. The Morgan fingerprint density at radius 1 is 1.04 bits per heavy atom. The number of hydrogen-bond donors (Lipinski definition) is 2. The highest BCUT2D eigenvalue weighted by atomic mass is 32.2. The van der Waals surface area contributed by atoms with Gasteiger partial charge in [0.15, 0.2) is 0 Å². The monoisotopic (exact) mass is 397 g/mol. The third-order valence-electron chi connectivity index (χ3n) is 3.72. The molecule has 0 fully saturated rings. The van der Waals surface area contributed by atoms with Crippen molar-refractivity contribution in [2.45, 2.75) is 6.92 Å². The number of carbonyl (C=O) groups is 1. The Labute approximate surface area is 163 Å². The van der Waals surface area contributed by atoms with Crippen LogP contribution in [0.4, 0.5) is 11.4 Å². The number of carboxylic acid groups (broad SMARTS) is 1. The summed E-state index contributed by atoms with van der Waals surface area (Å²) in [6, 6.07) is 17.8. The van der Waals surface area contributed by atoms with Crippen LogP contribution in [-0.2, 0) is 11.3 Å². The molecular formula is C20H15NO4S2. The number of hydrogen-bond acceptors (Lipinski definition) is 3. The van der Waals surface area contributed by atoms with Crippen LogP contribution in [0.1, 0.15) is 25.7 Å². The topological polar surface area (TPSA) is 77.8 Å². The fourth-order valence-corrected chi connectivity index (χ4v) is 4.07. The molecule has 0 amide bonds. The maximum absolute atomic E-state index is 12.0. The van der Waals surface area contributed by atoms with Crippen LogP contribution in [0.3, 0.4) is 0 Å². The lowest BCUT2D eigenvalue weighted by atomic mass is 10.2. The molecule has 3 aromatic rings. The van der Waals surface area contributed by atoms with Crippen molar-refractivity contribution in [2.24, 2.45) is 0 Å². The lowest BCUT2D eigenvalue weighted by Crippen LogP contribution is -2.21. The molecule has 0 aliphatic rings. The first-order chi connectivity index (χ1) is 13.0. The van der Waals surface area contributed by atoms with Crippen LogP contribution in [0.25, 0.3) is 0 Å². The van der Waals surface area contributed by atoms with Gasteiger partial charge in [-0.2, -0.15) is 0 Å². The number of aromatic carboxylic acids is 1. The number of nitrogens with zero attached hydrogens (tertiary/aromatic N) is 1. The molecule has 0 aliphatic carbocycles. The fraction of sp³-hybridized carbons (Fsp3) is 0.0500. The highest BCUT2D eigenvalue weighted by Crippen LogP contribution is 2.37. The molecule has 0 aliphatic heterocycles. The van der Waals surface area contributed by atoms with E-state index in [0.29, 0.717) is 10.6 Å². The van der Waals surface area contributed by atoms with Crippen molar-refractivity contribution in [2.75, 3.05) is 4.31 Å². The van der Waals surface area contributed by atoms with Gasteiger partial charge in [-0.05, 0) is 36.8 Å². The summed E-state index contributed by atoms with van der Waals surface area (Å²) in [6.45, 7) is 1.79. The van der Waals surface area contributed by atoms with E-state index in [2.05, 4.69) is 11.8 Å². The average Bonchev–Trinajstić information content (AvgIpc) is 3.06. The van der Waals surface area contributed by atoms with Gasteiger partial charge < -0.3 is 5.11 Å². The average molecular weight is 397 g/mol. The molecule has 5 nitrogen and oxygen atoms in total. The molecule has 0 saturated carbocycles. The molecule has 2 aromatic carbocycles. The summed E-state index contributed by atoms with van der Waals surface area (Å²) in [5.74, 6) is 4.73. The molecule has 0 spiro atoms. The molecule has 0 saturated heterocycles. The molecule has 1 heterocycles. The predicted molar refractivity (Wildman–Crippen MR) is 108 cm³/mol. The standard InChI is InChI=1S/C20H15NO4S2/c1-14-7-5-6-10-17(14)21(27(24)25)18-13-16(26-19(18)20(22)23)12-11-15-8-3-2-4-9-15/h2-10,13H,1H3,(H,22,23)(H,24,25). The van der Waals surface area contributed by atoms with Gasteiger partial charge in [-0.25, -0.2) is 13.3 Å². The Kier molecular flexibility index (Phi) is 5.72. The second kappa shape index (κ2) is 8.18. The molecule has 136 valence electrons. The summed E-state index contributed by atoms with van der Waals surface area (Å²) in [7, 11) is 0. The van der Waals surface area contributed by atoms with E-state index in [1.54, 1.807) is 31.2 Å². The Bertz CT molecular complexity index is 1060. The van der Waals surface area contributed by atoms with Gasteiger partial charge in [-0.1, -0.05) is 48.2 Å². The van der Waals surface area contributed by atoms with Gasteiger partial charge in [0.25, 0.3) is 11.3 Å². The molecule has 2 N–H and O–H groups in total. The van der Waals surface area contributed by atoms with E-state index < -0.39 is 17.2 Å². The van der Waals surface area contributed by atoms with Gasteiger partial charge in [-0.15, -0.1) is 11.3 Å². The number of carboxylic acids is 1. The first kappa shape index (κ1) is 18.9. The van der Waals surface area contributed by atoms with Crippen molar-refractivity contribution >= 4 is 39.9 Å². The Hall–Kier alpha value is -2.92. The fourth-order valence-electron chi connectivity index (χ4n) is 2.49. The van der Waals surface area contributed by atoms with Crippen molar-refractivity contribution in [1.29, 1.82) is 0 Å². The predicted octanol–water partition coefficient (Wildman–Crippen LogP) is 4.43. The molecule has 1 aromatic heterocycles. The van der Waals surface area contributed by atoms with E-state index in [1.165, 1.54) is 6.07 Å². The SMILES string of the molecule is Cc1ccccc1N(c1cc(C#Cc2ccccc2)sc1C(=O)O)S(=O)O. The van der Waals surface area contributed by atoms with Crippen molar-refractivity contribution in [3.05, 3.63) is 81.5 Å². The summed E-state index contributed by atoms with van der Waals surface area (Å²) in [4.78, 5) is 12.2. The van der Waals surface area contributed by atoms with Crippen LogP contribution in [0.5, 0.6) is 0 Å². The smallest absolute Gasteiger partial charge is 0.348 e. The summed E-state index contributed by atoms with van der Waals surface area (Å²) in [5, 5.41) is 9.57. The van der Waals surface area contributed by atoms with Crippen LogP contribution in [0.15, 0.2) is 60.7 Å². The molecule has 7 heteroatoms. The molecule has 3 rings (SSSR count). The lowest BCUT2D eigenvalue weighted by Gasteiger charge is -2.21. The highest BCUT2D eigenvalue weighted by Gasteiger charge is 2.25. The minimum atomic E-state index is -2.44. The molecule has 0 radical (unpaired) electrons. The zero-order valence-electron chi connectivity index (χ0n) is 14.2. The van der Waals surface area contributed by atoms with Crippen LogP contribution >= 0.6 is 11.3 Å². The summed E-state index contributed by atoms with van der Waals surface area (Å²) in [5.41, 5.74) is 2.14. The second-order valence-corrected chi connectivity index (χ2v) is 7.44. The van der Waals surface area contributed by atoms with E-state index in [4.69, 9.17) is 0 Å². The maximum Gasteiger partial charge on any atom is 0.348 e. The van der Waals surface area contributed by atoms with E-state index in [9.17, 15) is 18.7 Å². The second-order valence-electron chi connectivity index (χ2n) is 5.56. The first-order valence-electron chi connectivity index (χ1n) is 7.88. The van der Waals surface area contributed by atoms with Gasteiger partial charge in [0, 0.05) is 5.56 Å². The first-order valence-corrected chi connectivity index (χ1v) is 9.76. The number of para-hydroxylation sites is 1. The Morgan fingerprint density at radius 3 is 2.33 bits per heavy atom. The Morgan fingerprint density at radius 2 is 1.70 bits per heavy atom. The van der Waals surface area contributed by atoms with E-state index in [-0.39, 0.29) is 10.6 Å². The van der Waals surface area contributed by atoms with E-state index in [0.717, 1.165) is 26.8 Å². The third-order valence-corrected chi connectivity index (χ3v) is 5.45. The zero-order valence-corrected chi connectivity index (χ0v) is 15.9.